The number of ether oxygens (including phenoxy) is 1. The molecule has 0 radical (unpaired) electrons. The topological polar surface area (TPSA) is 52.9 Å². The van der Waals surface area contributed by atoms with E-state index in [1.54, 1.807) is 25.3 Å². The molecular formula is C21H24FNO3. The molecule has 138 valence electrons. The van der Waals surface area contributed by atoms with Crippen LogP contribution in [0.3, 0.4) is 0 Å². The molecule has 0 bridgehead atoms. The fourth-order valence-corrected chi connectivity index (χ4v) is 4.69. The number of likely N-dealkylation sites (tertiary alicyclic amines) is 1. The van der Waals surface area contributed by atoms with Crippen molar-refractivity contribution in [1.82, 2.24) is 4.90 Å². The summed E-state index contributed by atoms with van der Waals surface area (Å²) in [6, 6.07) is 11.7. The standard InChI is InChI=1S/C21H24FNO3/c1-26-20-10-14(2-7-19(20)24)11-23-12-15-8-9-21(25,18(15)13-23)16-3-5-17(22)6-4-16/h2-7,10,15,18,24-25H,8-9,11-13H2,1H3/t15-,18+,21-/m0/s1. The normalized spacial score (nSPS) is 28.3. The van der Waals surface area contributed by atoms with Gasteiger partial charge in [-0.3, -0.25) is 4.90 Å². The van der Waals surface area contributed by atoms with Crippen LogP contribution < -0.4 is 4.74 Å². The summed E-state index contributed by atoms with van der Waals surface area (Å²) in [5.74, 6) is 0.946. The van der Waals surface area contributed by atoms with E-state index in [9.17, 15) is 14.6 Å². The summed E-state index contributed by atoms with van der Waals surface area (Å²) in [5.41, 5.74) is 1.02. The van der Waals surface area contributed by atoms with E-state index in [-0.39, 0.29) is 17.5 Å². The second-order valence-electron chi connectivity index (χ2n) is 7.54. The molecule has 1 heterocycles. The number of phenols is 1. The second-order valence-corrected chi connectivity index (χ2v) is 7.54. The molecule has 2 aromatic carbocycles. The van der Waals surface area contributed by atoms with E-state index in [4.69, 9.17) is 4.74 Å². The Balaban J connectivity index is 1.50. The zero-order valence-electron chi connectivity index (χ0n) is 14.9. The van der Waals surface area contributed by atoms with Gasteiger partial charge in [0, 0.05) is 25.6 Å². The van der Waals surface area contributed by atoms with Gasteiger partial charge in [-0.25, -0.2) is 4.39 Å². The molecule has 0 amide bonds. The summed E-state index contributed by atoms with van der Waals surface area (Å²) in [5, 5.41) is 21.1. The van der Waals surface area contributed by atoms with Crippen LogP contribution >= 0.6 is 0 Å². The van der Waals surface area contributed by atoms with Crippen molar-refractivity contribution in [3.05, 3.63) is 59.4 Å². The smallest absolute Gasteiger partial charge is 0.160 e. The van der Waals surface area contributed by atoms with Crippen molar-refractivity contribution in [2.75, 3.05) is 20.2 Å². The van der Waals surface area contributed by atoms with Gasteiger partial charge in [0.15, 0.2) is 11.5 Å². The Labute approximate surface area is 152 Å². The lowest BCUT2D eigenvalue weighted by Crippen LogP contribution is -2.34. The molecule has 2 N–H and O–H groups in total. The average molecular weight is 357 g/mol. The van der Waals surface area contributed by atoms with Crippen LogP contribution in [-0.4, -0.2) is 35.3 Å². The number of aliphatic hydroxyl groups is 1. The summed E-state index contributed by atoms with van der Waals surface area (Å²) >= 11 is 0. The lowest BCUT2D eigenvalue weighted by molar-refractivity contribution is -0.00688. The van der Waals surface area contributed by atoms with E-state index in [0.29, 0.717) is 11.7 Å². The summed E-state index contributed by atoms with van der Waals surface area (Å²) in [4.78, 5) is 2.34. The van der Waals surface area contributed by atoms with Gasteiger partial charge in [0.2, 0.25) is 0 Å². The Morgan fingerprint density at radius 2 is 1.96 bits per heavy atom. The minimum Gasteiger partial charge on any atom is -0.504 e. The highest BCUT2D eigenvalue weighted by Crippen LogP contribution is 2.50. The summed E-state index contributed by atoms with van der Waals surface area (Å²) < 4.78 is 18.4. The summed E-state index contributed by atoms with van der Waals surface area (Å²) in [6.45, 7) is 2.50. The molecule has 0 aromatic heterocycles. The first-order chi connectivity index (χ1) is 12.5. The van der Waals surface area contributed by atoms with Gasteiger partial charge < -0.3 is 14.9 Å². The Morgan fingerprint density at radius 3 is 2.69 bits per heavy atom. The molecule has 1 aliphatic carbocycles. The Morgan fingerprint density at radius 1 is 1.19 bits per heavy atom. The number of nitrogens with zero attached hydrogens (tertiary/aromatic N) is 1. The molecule has 1 saturated carbocycles. The molecule has 3 atom stereocenters. The average Bonchev–Trinajstić information content (AvgIpc) is 3.18. The maximum Gasteiger partial charge on any atom is 0.160 e. The van der Waals surface area contributed by atoms with Crippen LogP contribution in [0.5, 0.6) is 11.5 Å². The number of hydrogen-bond acceptors (Lipinski definition) is 4. The number of methoxy groups -OCH3 is 1. The Bertz CT molecular complexity index is 794. The van der Waals surface area contributed by atoms with Gasteiger partial charge in [0.1, 0.15) is 5.82 Å². The van der Waals surface area contributed by atoms with E-state index < -0.39 is 5.60 Å². The minimum atomic E-state index is -0.875. The predicted octanol–water partition coefficient (Wildman–Crippen LogP) is 3.27. The highest BCUT2D eigenvalue weighted by atomic mass is 19.1. The van der Waals surface area contributed by atoms with Crippen molar-refractivity contribution in [3.8, 4) is 11.5 Å². The Hall–Kier alpha value is -2.11. The number of fused-ring (bicyclic) bond motifs is 1. The van der Waals surface area contributed by atoms with Crippen molar-refractivity contribution >= 4 is 0 Å². The highest BCUT2D eigenvalue weighted by Gasteiger charge is 2.52. The van der Waals surface area contributed by atoms with E-state index in [1.165, 1.54) is 12.1 Å². The lowest BCUT2D eigenvalue weighted by Gasteiger charge is -2.31. The van der Waals surface area contributed by atoms with Gasteiger partial charge in [-0.1, -0.05) is 18.2 Å². The molecule has 4 rings (SSSR count). The predicted molar refractivity (Wildman–Crippen MR) is 96.4 cm³/mol. The summed E-state index contributed by atoms with van der Waals surface area (Å²) in [6.07, 6.45) is 1.71. The van der Waals surface area contributed by atoms with Crippen LogP contribution in [0, 0.1) is 17.7 Å². The van der Waals surface area contributed by atoms with Gasteiger partial charge in [0.05, 0.1) is 12.7 Å². The SMILES string of the molecule is COc1cc(CN2C[C@@H]3CC[C@](O)(c4ccc(F)cc4)[C@@H]3C2)ccc1O. The van der Waals surface area contributed by atoms with Gasteiger partial charge in [-0.05, 0) is 54.2 Å². The molecule has 26 heavy (non-hydrogen) atoms. The Kier molecular flexibility index (Phi) is 4.37. The maximum absolute atomic E-state index is 13.2. The van der Waals surface area contributed by atoms with Crippen molar-refractivity contribution in [2.24, 2.45) is 11.8 Å². The number of halogens is 1. The third kappa shape index (κ3) is 2.95. The number of aromatic hydroxyl groups is 1. The molecule has 0 unspecified atom stereocenters. The van der Waals surface area contributed by atoms with Crippen LogP contribution in [0.25, 0.3) is 0 Å². The van der Waals surface area contributed by atoms with Crippen molar-refractivity contribution in [2.45, 2.75) is 25.0 Å². The van der Waals surface area contributed by atoms with Crippen LogP contribution in [0.15, 0.2) is 42.5 Å². The quantitative estimate of drug-likeness (QED) is 0.882. The van der Waals surface area contributed by atoms with Gasteiger partial charge in [-0.2, -0.15) is 0 Å². The molecule has 2 aliphatic rings. The first kappa shape index (κ1) is 17.3. The fourth-order valence-electron chi connectivity index (χ4n) is 4.69. The largest absolute Gasteiger partial charge is 0.504 e. The highest BCUT2D eigenvalue weighted by molar-refractivity contribution is 5.41. The van der Waals surface area contributed by atoms with Crippen LogP contribution in [0.2, 0.25) is 0 Å². The van der Waals surface area contributed by atoms with E-state index in [2.05, 4.69) is 4.90 Å². The third-order valence-corrected chi connectivity index (χ3v) is 6.02. The van der Waals surface area contributed by atoms with Crippen molar-refractivity contribution in [3.63, 3.8) is 0 Å². The zero-order valence-corrected chi connectivity index (χ0v) is 14.9. The number of phenolic OH excluding ortho intramolecular Hbond substituents is 1. The molecule has 2 aromatic rings. The zero-order chi connectivity index (χ0) is 18.3. The summed E-state index contributed by atoms with van der Waals surface area (Å²) in [7, 11) is 1.54. The third-order valence-electron chi connectivity index (χ3n) is 6.02. The molecule has 1 aliphatic heterocycles. The van der Waals surface area contributed by atoms with Gasteiger partial charge >= 0.3 is 0 Å². The number of rotatable bonds is 4. The fraction of sp³-hybridized carbons (Fsp3) is 0.429. The van der Waals surface area contributed by atoms with Gasteiger partial charge in [-0.15, -0.1) is 0 Å². The van der Waals surface area contributed by atoms with Crippen LogP contribution in [0.1, 0.15) is 24.0 Å². The maximum atomic E-state index is 13.2. The lowest BCUT2D eigenvalue weighted by atomic mass is 9.82. The number of hydrogen-bond donors (Lipinski definition) is 2. The molecule has 2 fully saturated rings. The molecular weight excluding hydrogens is 333 g/mol. The van der Waals surface area contributed by atoms with Gasteiger partial charge in [0.25, 0.3) is 0 Å². The van der Waals surface area contributed by atoms with E-state index in [0.717, 1.165) is 43.6 Å². The molecule has 0 spiro atoms. The van der Waals surface area contributed by atoms with Crippen molar-refractivity contribution < 1.29 is 19.3 Å². The van der Waals surface area contributed by atoms with Crippen molar-refractivity contribution in [1.29, 1.82) is 0 Å². The van der Waals surface area contributed by atoms with E-state index >= 15 is 0 Å². The number of benzene rings is 2. The first-order valence-electron chi connectivity index (χ1n) is 9.06. The first-order valence-corrected chi connectivity index (χ1v) is 9.06. The molecule has 1 saturated heterocycles. The molecule has 5 heteroatoms. The van der Waals surface area contributed by atoms with E-state index in [1.807, 2.05) is 12.1 Å². The minimum absolute atomic E-state index is 0.139. The molecule has 4 nitrogen and oxygen atoms in total. The second kappa shape index (κ2) is 6.56. The monoisotopic (exact) mass is 357 g/mol. The van der Waals surface area contributed by atoms with Crippen LogP contribution in [-0.2, 0) is 12.1 Å². The van der Waals surface area contributed by atoms with Crippen LogP contribution in [0.4, 0.5) is 4.39 Å².